The van der Waals surface area contributed by atoms with Gasteiger partial charge in [-0.2, -0.15) is 0 Å². The van der Waals surface area contributed by atoms with E-state index in [2.05, 4.69) is 16.0 Å². The highest BCUT2D eigenvalue weighted by Gasteiger charge is 2.31. The van der Waals surface area contributed by atoms with Crippen LogP contribution in [0.5, 0.6) is 0 Å². The second-order valence-corrected chi connectivity index (χ2v) is 8.75. The minimum Gasteiger partial charge on any atom is -0.444 e. The van der Waals surface area contributed by atoms with Gasteiger partial charge < -0.3 is 26.4 Å². The first-order valence-corrected chi connectivity index (χ1v) is 10.2. The van der Waals surface area contributed by atoms with Crippen LogP contribution in [0.2, 0.25) is 0 Å². The molecule has 0 fully saturated rings. The lowest BCUT2D eigenvalue weighted by Crippen LogP contribution is -2.58. The molecule has 0 bridgehead atoms. The monoisotopic (exact) mass is 434 g/mol. The van der Waals surface area contributed by atoms with Gasteiger partial charge in [0.15, 0.2) is 0 Å². The summed E-state index contributed by atoms with van der Waals surface area (Å²) in [5, 5.41) is 7.75. The van der Waals surface area contributed by atoms with Crippen LogP contribution in [0.1, 0.15) is 47.1 Å². The van der Waals surface area contributed by atoms with Crippen LogP contribution in [-0.2, 0) is 25.5 Å². The largest absolute Gasteiger partial charge is 0.444 e. The molecule has 3 atom stereocenters. The lowest BCUT2D eigenvalue weighted by molar-refractivity contribution is -0.132. The molecule has 0 saturated carbocycles. The number of benzene rings is 1. The molecule has 5 N–H and O–H groups in total. The van der Waals surface area contributed by atoms with Gasteiger partial charge in [0.05, 0.1) is 0 Å². The Morgan fingerprint density at radius 2 is 1.52 bits per heavy atom. The number of rotatable bonds is 9. The van der Waals surface area contributed by atoms with Gasteiger partial charge in [0, 0.05) is 6.42 Å². The normalized spacial score (nSPS) is 14.2. The topological polar surface area (TPSA) is 140 Å². The number of alkyl carbamates (subject to hydrolysis) is 1. The van der Waals surface area contributed by atoms with Crippen LogP contribution in [0.25, 0.3) is 0 Å². The standard InChI is InChI=1S/C22H34N4O5/c1-13(2)17(20(29)24-14(3)18(23)27)26-19(28)16(12-15-10-8-7-9-11-15)25-21(30)31-22(4,5)6/h7-11,13-14,16-17H,12H2,1-6H3,(H2,23,27)(H,24,29)(H,25,30)(H,26,28)/t14-,16-,17-/m0/s1. The summed E-state index contributed by atoms with van der Waals surface area (Å²) < 4.78 is 5.27. The van der Waals surface area contributed by atoms with Gasteiger partial charge >= 0.3 is 6.09 Å². The fourth-order valence-electron chi connectivity index (χ4n) is 2.67. The first-order chi connectivity index (χ1) is 14.3. The number of hydrogen-bond donors (Lipinski definition) is 4. The molecule has 0 heterocycles. The predicted molar refractivity (Wildman–Crippen MR) is 117 cm³/mol. The van der Waals surface area contributed by atoms with E-state index in [0.717, 1.165) is 5.56 Å². The van der Waals surface area contributed by atoms with Crippen LogP contribution in [0.15, 0.2) is 30.3 Å². The van der Waals surface area contributed by atoms with E-state index in [1.54, 1.807) is 34.6 Å². The zero-order valence-electron chi connectivity index (χ0n) is 19.0. The van der Waals surface area contributed by atoms with Crippen molar-refractivity contribution in [2.75, 3.05) is 0 Å². The summed E-state index contributed by atoms with van der Waals surface area (Å²) in [6.45, 7) is 10.1. The Bertz CT molecular complexity index is 774. The van der Waals surface area contributed by atoms with Crippen LogP contribution in [-0.4, -0.2) is 47.5 Å². The first kappa shape index (κ1) is 25.9. The van der Waals surface area contributed by atoms with E-state index in [0.29, 0.717) is 0 Å². The van der Waals surface area contributed by atoms with Crippen LogP contribution >= 0.6 is 0 Å². The van der Waals surface area contributed by atoms with E-state index in [1.807, 2.05) is 30.3 Å². The zero-order chi connectivity index (χ0) is 23.8. The van der Waals surface area contributed by atoms with Crippen LogP contribution in [0.4, 0.5) is 4.79 Å². The molecule has 1 aromatic carbocycles. The number of amides is 4. The van der Waals surface area contributed by atoms with Crippen molar-refractivity contribution in [3.8, 4) is 0 Å². The highest BCUT2D eigenvalue weighted by Crippen LogP contribution is 2.10. The van der Waals surface area contributed by atoms with Gasteiger partial charge in [-0.3, -0.25) is 14.4 Å². The summed E-state index contributed by atoms with van der Waals surface area (Å²) in [6.07, 6.45) is -0.535. The molecule has 0 spiro atoms. The van der Waals surface area contributed by atoms with Crippen molar-refractivity contribution in [3.05, 3.63) is 35.9 Å². The second-order valence-electron chi connectivity index (χ2n) is 8.75. The third kappa shape index (κ3) is 9.50. The highest BCUT2D eigenvalue weighted by atomic mass is 16.6. The average Bonchev–Trinajstić information content (AvgIpc) is 2.64. The van der Waals surface area contributed by atoms with Crippen LogP contribution in [0.3, 0.4) is 0 Å². The van der Waals surface area contributed by atoms with Crippen molar-refractivity contribution in [2.24, 2.45) is 11.7 Å². The lowest BCUT2D eigenvalue weighted by atomic mass is 10.0. The number of nitrogens with one attached hydrogen (secondary N) is 3. The smallest absolute Gasteiger partial charge is 0.408 e. The van der Waals surface area contributed by atoms with E-state index >= 15 is 0 Å². The molecule has 9 nitrogen and oxygen atoms in total. The minimum atomic E-state index is -0.972. The molecule has 0 aliphatic carbocycles. The maximum Gasteiger partial charge on any atom is 0.408 e. The Balaban J connectivity index is 3.00. The van der Waals surface area contributed by atoms with Gasteiger partial charge in [0.2, 0.25) is 17.7 Å². The van der Waals surface area contributed by atoms with Crippen molar-refractivity contribution in [2.45, 2.75) is 71.7 Å². The third-order valence-corrected chi connectivity index (χ3v) is 4.32. The predicted octanol–water partition coefficient (Wildman–Crippen LogP) is 1.25. The maximum absolute atomic E-state index is 13.0. The van der Waals surface area contributed by atoms with E-state index in [1.165, 1.54) is 6.92 Å². The van der Waals surface area contributed by atoms with Crippen molar-refractivity contribution >= 4 is 23.8 Å². The molecule has 0 aliphatic heterocycles. The fraction of sp³-hybridized carbons (Fsp3) is 0.545. The molecule has 0 aromatic heterocycles. The van der Waals surface area contributed by atoms with Crippen molar-refractivity contribution < 1.29 is 23.9 Å². The second kappa shape index (κ2) is 11.3. The molecule has 0 radical (unpaired) electrons. The molecule has 4 amide bonds. The van der Waals surface area contributed by atoms with Crippen LogP contribution in [0, 0.1) is 5.92 Å². The van der Waals surface area contributed by atoms with Gasteiger partial charge in [-0.15, -0.1) is 0 Å². The Kier molecular flexibility index (Phi) is 9.48. The Labute approximate surface area is 183 Å². The third-order valence-electron chi connectivity index (χ3n) is 4.32. The molecule has 172 valence electrons. The molecule has 1 rings (SSSR count). The van der Waals surface area contributed by atoms with Gasteiger partial charge in [-0.25, -0.2) is 4.79 Å². The SMILES string of the molecule is CC(C)[C@H](NC(=O)[C@H](Cc1ccccc1)NC(=O)OC(C)(C)C)C(=O)N[C@@H](C)C(N)=O. The highest BCUT2D eigenvalue weighted by molar-refractivity contribution is 5.93. The number of primary amides is 1. The first-order valence-electron chi connectivity index (χ1n) is 10.2. The molecular weight excluding hydrogens is 400 g/mol. The van der Waals surface area contributed by atoms with E-state index < -0.39 is 47.5 Å². The van der Waals surface area contributed by atoms with Crippen LogP contribution < -0.4 is 21.7 Å². The van der Waals surface area contributed by atoms with Gasteiger partial charge in [0.1, 0.15) is 23.7 Å². The van der Waals surface area contributed by atoms with E-state index in [9.17, 15) is 19.2 Å². The van der Waals surface area contributed by atoms with Crippen molar-refractivity contribution in [3.63, 3.8) is 0 Å². The summed E-state index contributed by atoms with van der Waals surface area (Å²) in [7, 11) is 0. The summed E-state index contributed by atoms with van der Waals surface area (Å²) in [5.74, 6) is -2.04. The van der Waals surface area contributed by atoms with Crippen molar-refractivity contribution in [1.29, 1.82) is 0 Å². The Morgan fingerprint density at radius 1 is 0.935 bits per heavy atom. The number of hydrogen-bond acceptors (Lipinski definition) is 5. The van der Waals surface area contributed by atoms with Gasteiger partial charge in [0.25, 0.3) is 0 Å². The quantitative estimate of drug-likeness (QED) is 0.463. The van der Waals surface area contributed by atoms with E-state index in [-0.39, 0.29) is 12.3 Å². The number of carbonyl (C=O) groups is 4. The number of carbonyl (C=O) groups excluding carboxylic acids is 4. The summed E-state index contributed by atoms with van der Waals surface area (Å²) in [5.41, 5.74) is 5.29. The lowest BCUT2D eigenvalue weighted by Gasteiger charge is -2.27. The molecule has 1 aromatic rings. The molecule has 9 heteroatoms. The summed E-state index contributed by atoms with van der Waals surface area (Å²) in [4.78, 5) is 49.2. The van der Waals surface area contributed by atoms with Gasteiger partial charge in [-0.05, 0) is 39.2 Å². The van der Waals surface area contributed by atoms with E-state index in [4.69, 9.17) is 10.5 Å². The molecule has 0 aliphatic rings. The zero-order valence-corrected chi connectivity index (χ0v) is 19.0. The molecule has 0 saturated heterocycles. The van der Waals surface area contributed by atoms with Crippen molar-refractivity contribution in [1.82, 2.24) is 16.0 Å². The fourth-order valence-corrected chi connectivity index (χ4v) is 2.67. The molecule has 31 heavy (non-hydrogen) atoms. The average molecular weight is 435 g/mol. The minimum absolute atomic E-state index is 0.204. The number of nitrogens with two attached hydrogens (primary N) is 1. The molecule has 0 unspecified atom stereocenters. The summed E-state index contributed by atoms with van der Waals surface area (Å²) in [6, 6.07) is 6.38. The summed E-state index contributed by atoms with van der Waals surface area (Å²) >= 11 is 0. The molecular formula is C22H34N4O5. The Morgan fingerprint density at radius 3 is 2.00 bits per heavy atom. The number of ether oxygens (including phenoxy) is 1. The van der Waals surface area contributed by atoms with Gasteiger partial charge in [-0.1, -0.05) is 44.2 Å². The Hall–Kier alpha value is -3.10. The maximum atomic E-state index is 13.0.